The van der Waals surface area contributed by atoms with Gasteiger partial charge in [-0.25, -0.2) is 4.79 Å². The summed E-state index contributed by atoms with van der Waals surface area (Å²) in [6, 6.07) is 6.08. The minimum Gasteiger partial charge on any atom is -0.490 e. The van der Waals surface area contributed by atoms with Gasteiger partial charge in [-0.3, -0.25) is 4.79 Å². The van der Waals surface area contributed by atoms with Gasteiger partial charge in [0, 0.05) is 19.6 Å². The molecule has 1 heterocycles. The normalized spacial score (nSPS) is 19.9. The summed E-state index contributed by atoms with van der Waals surface area (Å²) in [6.07, 6.45) is -3.07. The Morgan fingerprint density at radius 2 is 1.96 bits per heavy atom. The van der Waals surface area contributed by atoms with Crippen molar-refractivity contribution in [2.24, 2.45) is 11.8 Å². The van der Waals surface area contributed by atoms with Crippen molar-refractivity contribution in [3.8, 4) is 5.75 Å². The van der Waals surface area contributed by atoms with Crippen LogP contribution in [0.3, 0.4) is 0 Å². The molecule has 0 aliphatic carbocycles. The molecule has 0 saturated carbocycles. The SMILES string of the molecule is C=CCOc1ccc(CNC(=O)N2C[C@@H](C(F)(F)F)[C@H](C(=O)O)C2)cc1. The molecule has 1 fully saturated rings. The minimum absolute atomic E-state index is 0.103. The van der Waals surface area contributed by atoms with Gasteiger partial charge in [0.25, 0.3) is 0 Å². The first kappa shape index (κ1) is 19.6. The summed E-state index contributed by atoms with van der Waals surface area (Å²) < 4.78 is 44.2. The summed E-state index contributed by atoms with van der Waals surface area (Å²) >= 11 is 0. The van der Waals surface area contributed by atoms with E-state index in [4.69, 9.17) is 9.84 Å². The zero-order valence-corrected chi connectivity index (χ0v) is 13.8. The lowest BCUT2D eigenvalue weighted by Gasteiger charge is -2.18. The van der Waals surface area contributed by atoms with Gasteiger partial charge in [0.2, 0.25) is 0 Å². The number of aliphatic carboxylic acids is 1. The third kappa shape index (κ3) is 4.90. The molecule has 0 unspecified atom stereocenters. The fraction of sp³-hybridized carbons (Fsp3) is 0.412. The van der Waals surface area contributed by atoms with Crippen LogP contribution < -0.4 is 10.1 Å². The molecular formula is C17H19F3N2O4. The molecule has 142 valence electrons. The van der Waals surface area contributed by atoms with Gasteiger partial charge in [0.15, 0.2) is 0 Å². The Morgan fingerprint density at radius 3 is 2.46 bits per heavy atom. The molecule has 1 aromatic carbocycles. The van der Waals surface area contributed by atoms with Gasteiger partial charge in [0.1, 0.15) is 12.4 Å². The number of nitrogens with one attached hydrogen (secondary N) is 1. The number of benzene rings is 1. The Kier molecular flexibility index (Phi) is 6.12. The highest BCUT2D eigenvalue weighted by atomic mass is 19.4. The Morgan fingerprint density at radius 1 is 1.31 bits per heavy atom. The molecule has 2 atom stereocenters. The fourth-order valence-electron chi connectivity index (χ4n) is 2.70. The molecule has 1 aliphatic rings. The largest absolute Gasteiger partial charge is 0.490 e. The second-order valence-electron chi connectivity index (χ2n) is 5.90. The molecule has 2 N–H and O–H groups in total. The maximum atomic E-state index is 12.9. The molecule has 1 aromatic rings. The van der Waals surface area contributed by atoms with Gasteiger partial charge in [-0.2, -0.15) is 13.2 Å². The standard InChI is InChI=1S/C17H19F3N2O4/c1-2-7-26-12-5-3-11(4-6-12)8-21-16(25)22-9-13(15(23)24)14(10-22)17(18,19)20/h2-6,13-14H,1,7-10H2,(H,21,25)(H,23,24)/t13-,14-/m1/s1. The van der Waals surface area contributed by atoms with Crippen molar-refractivity contribution in [1.82, 2.24) is 10.2 Å². The molecule has 6 nitrogen and oxygen atoms in total. The molecule has 9 heteroatoms. The van der Waals surface area contributed by atoms with E-state index < -0.39 is 43.1 Å². The zero-order chi connectivity index (χ0) is 19.3. The second-order valence-corrected chi connectivity index (χ2v) is 5.90. The summed E-state index contributed by atoms with van der Waals surface area (Å²) in [4.78, 5) is 24.0. The van der Waals surface area contributed by atoms with E-state index >= 15 is 0 Å². The van der Waals surface area contributed by atoms with Crippen LogP contribution in [-0.2, 0) is 11.3 Å². The number of rotatable bonds is 6. The van der Waals surface area contributed by atoms with Crippen molar-refractivity contribution in [2.75, 3.05) is 19.7 Å². The van der Waals surface area contributed by atoms with Crippen molar-refractivity contribution < 1.29 is 32.6 Å². The maximum Gasteiger partial charge on any atom is 0.394 e. The number of carbonyl (C=O) groups excluding carboxylic acids is 1. The lowest BCUT2D eigenvalue weighted by Crippen LogP contribution is -2.39. The van der Waals surface area contributed by atoms with Crippen LogP contribution in [0.1, 0.15) is 5.56 Å². The van der Waals surface area contributed by atoms with Crippen LogP contribution in [0.15, 0.2) is 36.9 Å². The number of likely N-dealkylation sites (tertiary alicyclic amines) is 1. The first-order chi connectivity index (χ1) is 12.2. The summed E-state index contributed by atoms with van der Waals surface area (Å²) in [5, 5.41) is 11.5. The Balaban J connectivity index is 1.91. The molecular weight excluding hydrogens is 353 g/mol. The lowest BCUT2D eigenvalue weighted by molar-refractivity contribution is -0.187. The summed E-state index contributed by atoms with van der Waals surface area (Å²) in [5.74, 6) is -4.65. The van der Waals surface area contributed by atoms with Crippen LogP contribution in [0.5, 0.6) is 5.75 Å². The number of carboxylic acid groups (broad SMARTS) is 1. The first-order valence-electron chi connectivity index (χ1n) is 7.87. The molecule has 2 amide bonds. The van der Waals surface area contributed by atoms with E-state index in [1.54, 1.807) is 30.3 Å². The summed E-state index contributed by atoms with van der Waals surface area (Å²) in [7, 11) is 0. The highest BCUT2D eigenvalue weighted by Crippen LogP contribution is 2.37. The van der Waals surface area contributed by atoms with Crippen LogP contribution in [-0.4, -0.2) is 47.9 Å². The minimum atomic E-state index is -4.67. The van der Waals surface area contributed by atoms with Gasteiger partial charge < -0.3 is 20.1 Å². The quantitative estimate of drug-likeness (QED) is 0.753. The topological polar surface area (TPSA) is 78.9 Å². The van der Waals surface area contributed by atoms with E-state index in [-0.39, 0.29) is 6.54 Å². The average Bonchev–Trinajstić information content (AvgIpc) is 3.05. The average molecular weight is 372 g/mol. The van der Waals surface area contributed by atoms with Gasteiger partial charge in [-0.15, -0.1) is 0 Å². The third-order valence-electron chi connectivity index (χ3n) is 4.08. The second kappa shape index (κ2) is 8.11. The number of urea groups is 1. The van der Waals surface area contributed by atoms with Gasteiger partial charge >= 0.3 is 18.2 Å². The molecule has 2 rings (SSSR count). The van der Waals surface area contributed by atoms with E-state index in [0.29, 0.717) is 12.4 Å². The number of carboxylic acids is 1. The molecule has 1 aliphatic heterocycles. The van der Waals surface area contributed by atoms with Crippen LogP contribution in [0.4, 0.5) is 18.0 Å². The number of alkyl halides is 3. The fourth-order valence-corrected chi connectivity index (χ4v) is 2.70. The Bertz CT molecular complexity index is 661. The predicted molar refractivity (Wildman–Crippen MR) is 86.6 cm³/mol. The molecule has 26 heavy (non-hydrogen) atoms. The number of nitrogens with zero attached hydrogens (tertiary/aromatic N) is 1. The highest BCUT2D eigenvalue weighted by molar-refractivity contribution is 5.77. The van der Waals surface area contributed by atoms with Crippen molar-refractivity contribution in [3.05, 3.63) is 42.5 Å². The van der Waals surface area contributed by atoms with Crippen LogP contribution in [0.25, 0.3) is 0 Å². The number of amides is 2. The number of carbonyl (C=O) groups is 2. The van der Waals surface area contributed by atoms with Crippen LogP contribution >= 0.6 is 0 Å². The number of hydrogen-bond acceptors (Lipinski definition) is 3. The van der Waals surface area contributed by atoms with E-state index in [2.05, 4.69) is 11.9 Å². The van der Waals surface area contributed by atoms with E-state index in [0.717, 1.165) is 10.5 Å². The summed E-state index contributed by atoms with van der Waals surface area (Å²) in [5.41, 5.74) is 0.727. The Hall–Kier alpha value is -2.71. The lowest BCUT2D eigenvalue weighted by atomic mass is 9.96. The zero-order valence-electron chi connectivity index (χ0n) is 13.8. The van der Waals surface area contributed by atoms with Crippen molar-refractivity contribution >= 4 is 12.0 Å². The van der Waals surface area contributed by atoms with Gasteiger partial charge in [-0.05, 0) is 17.7 Å². The van der Waals surface area contributed by atoms with Crippen LogP contribution in [0.2, 0.25) is 0 Å². The molecule has 0 spiro atoms. The van der Waals surface area contributed by atoms with Gasteiger partial charge in [0.05, 0.1) is 11.8 Å². The molecule has 0 radical (unpaired) electrons. The van der Waals surface area contributed by atoms with E-state index in [1.807, 2.05) is 0 Å². The summed E-state index contributed by atoms with van der Waals surface area (Å²) in [6.45, 7) is 2.85. The highest BCUT2D eigenvalue weighted by Gasteiger charge is 2.53. The van der Waals surface area contributed by atoms with E-state index in [9.17, 15) is 22.8 Å². The maximum absolute atomic E-state index is 12.9. The van der Waals surface area contributed by atoms with Crippen LogP contribution in [0, 0.1) is 11.8 Å². The molecule has 0 aromatic heterocycles. The molecule has 0 bridgehead atoms. The van der Waals surface area contributed by atoms with Gasteiger partial charge in [-0.1, -0.05) is 24.8 Å². The number of hydrogen-bond donors (Lipinski definition) is 2. The van der Waals surface area contributed by atoms with Crippen molar-refractivity contribution in [1.29, 1.82) is 0 Å². The number of halogens is 3. The smallest absolute Gasteiger partial charge is 0.394 e. The predicted octanol–water partition coefficient (Wildman–Crippen LogP) is 2.66. The first-order valence-corrected chi connectivity index (χ1v) is 7.87. The van der Waals surface area contributed by atoms with Crippen molar-refractivity contribution in [2.45, 2.75) is 12.7 Å². The van der Waals surface area contributed by atoms with E-state index in [1.165, 1.54) is 0 Å². The van der Waals surface area contributed by atoms with Crippen molar-refractivity contribution in [3.63, 3.8) is 0 Å². The Labute approximate surface area is 148 Å². The number of ether oxygens (including phenoxy) is 1. The molecule has 1 saturated heterocycles. The third-order valence-corrected chi connectivity index (χ3v) is 4.08. The monoisotopic (exact) mass is 372 g/mol.